The monoisotopic (exact) mass is 255 g/mol. The number of hydrogen-bond acceptors (Lipinski definition) is 4. The minimum absolute atomic E-state index is 0.239. The van der Waals surface area contributed by atoms with Crippen molar-refractivity contribution in [2.75, 3.05) is 19.9 Å². The fraction of sp³-hybridized carbons (Fsp3) is 0.333. The molecule has 0 radical (unpaired) electrons. The van der Waals surface area contributed by atoms with Gasteiger partial charge in [-0.25, -0.2) is 0 Å². The summed E-state index contributed by atoms with van der Waals surface area (Å²) in [4.78, 5) is 0. The number of halogens is 1. The molecule has 2 rings (SSSR count). The lowest BCUT2D eigenvalue weighted by molar-refractivity contribution is 0.174. The second kappa shape index (κ2) is 5.29. The van der Waals surface area contributed by atoms with Crippen molar-refractivity contribution in [2.24, 2.45) is 5.73 Å². The van der Waals surface area contributed by atoms with Gasteiger partial charge in [-0.15, -0.1) is 0 Å². The first kappa shape index (κ1) is 12.1. The molecule has 1 aliphatic heterocycles. The quantitative estimate of drug-likeness (QED) is 0.875. The Bertz CT molecular complexity index is 434. The topological polar surface area (TPSA) is 53.7 Å². The SMILES string of the molecule is C=C(Cl)COc1cc2c(cc1CCN)OCO2. The highest BCUT2D eigenvalue weighted by Crippen LogP contribution is 2.38. The van der Waals surface area contributed by atoms with Crippen LogP contribution in [-0.2, 0) is 6.42 Å². The maximum atomic E-state index is 5.67. The maximum Gasteiger partial charge on any atom is 0.231 e. The largest absolute Gasteiger partial charge is 0.488 e. The van der Waals surface area contributed by atoms with Crippen LogP contribution in [0, 0.1) is 0 Å². The third kappa shape index (κ3) is 2.84. The smallest absolute Gasteiger partial charge is 0.231 e. The molecule has 92 valence electrons. The van der Waals surface area contributed by atoms with E-state index in [1.807, 2.05) is 6.07 Å². The lowest BCUT2D eigenvalue weighted by Crippen LogP contribution is -2.06. The standard InChI is InChI=1S/C12H14ClNO3/c1-8(13)6-15-10-5-12-11(16-7-17-12)4-9(10)2-3-14/h4-5H,1-3,6-7,14H2. The highest BCUT2D eigenvalue weighted by atomic mass is 35.5. The Hall–Kier alpha value is -1.39. The minimum atomic E-state index is 0.239. The lowest BCUT2D eigenvalue weighted by Gasteiger charge is -2.11. The van der Waals surface area contributed by atoms with Gasteiger partial charge in [0, 0.05) is 11.1 Å². The summed E-state index contributed by atoms with van der Waals surface area (Å²) in [5.74, 6) is 2.12. The number of benzene rings is 1. The van der Waals surface area contributed by atoms with Crippen molar-refractivity contribution < 1.29 is 14.2 Å². The predicted octanol–water partition coefficient (Wildman–Crippen LogP) is 2.05. The molecule has 5 heteroatoms. The normalized spacial score (nSPS) is 12.6. The van der Waals surface area contributed by atoms with Crippen molar-refractivity contribution in [3.63, 3.8) is 0 Å². The average molecular weight is 256 g/mol. The van der Waals surface area contributed by atoms with E-state index in [1.54, 1.807) is 6.07 Å². The molecular formula is C12H14ClNO3. The van der Waals surface area contributed by atoms with Crippen LogP contribution >= 0.6 is 11.6 Å². The Morgan fingerprint density at radius 3 is 2.76 bits per heavy atom. The van der Waals surface area contributed by atoms with E-state index in [4.69, 9.17) is 31.5 Å². The molecule has 0 saturated heterocycles. The Balaban J connectivity index is 2.24. The predicted molar refractivity (Wildman–Crippen MR) is 65.8 cm³/mol. The van der Waals surface area contributed by atoms with Crippen LogP contribution in [0.1, 0.15) is 5.56 Å². The van der Waals surface area contributed by atoms with E-state index in [9.17, 15) is 0 Å². The molecule has 2 N–H and O–H groups in total. The molecule has 0 saturated carbocycles. The van der Waals surface area contributed by atoms with Gasteiger partial charge < -0.3 is 19.9 Å². The summed E-state index contributed by atoms with van der Waals surface area (Å²) in [7, 11) is 0. The second-order valence-electron chi connectivity index (χ2n) is 3.66. The van der Waals surface area contributed by atoms with Crippen molar-refractivity contribution in [1.82, 2.24) is 0 Å². The molecule has 0 unspecified atom stereocenters. The number of ether oxygens (including phenoxy) is 3. The van der Waals surface area contributed by atoms with Crippen LogP contribution in [0.3, 0.4) is 0 Å². The van der Waals surface area contributed by atoms with E-state index in [0.717, 1.165) is 11.3 Å². The van der Waals surface area contributed by atoms with E-state index in [0.29, 0.717) is 29.5 Å². The van der Waals surface area contributed by atoms with Gasteiger partial charge >= 0.3 is 0 Å². The Morgan fingerprint density at radius 1 is 1.41 bits per heavy atom. The molecule has 1 aromatic rings. The van der Waals surface area contributed by atoms with E-state index >= 15 is 0 Å². The van der Waals surface area contributed by atoms with Crippen molar-refractivity contribution in [2.45, 2.75) is 6.42 Å². The molecule has 0 spiro atoms. The fourth-order valence-corrected chi connectivity index (χ4v) is 1.66. The van der Waals surface area contributed by atoms with Gasteiger partial charge in [-0.3, -0.25) is 0 Å². The van der Waals surface area contributed by atoms with Crippen molar-refractivity contribution in [3.8, 4) is 17.2 Å². The zero-order chi connectivity index (χ0) is 12.3. The molecule has 0 aliphatic carbocycles. The van der Waals surface area contributed by atoms with Crippen LogP contribution in [0.5, 0.6) is 17.2 Å². The van der Waals surface area contributed by atoms with Gasteiger partial charge in [0.15, 0.2) is 11.5 Å². The first-order valence-corrected chi connectivity index (χ1v) is 5.67. The molecule has 1 aliphatic rings. The van der Waals surface area contributed by atoms with Gasteiger partial charge in [0.05, 0.1) is 0 Å². The molecule has 17 heavy (non-hydrogen) atoms. The number of hydrogen-bond donors (Lipinski definition) is 1. The van der Waals surface area contributed by atoms with E-state index in [1.165, 1.54) is 0 Å². The van der Waals surface area contributed by atoms with Gasteiger partial charge in [0.1, 0.15) is 12.4 Å². The molecule has 1 aromatic carbocycles. The molecular weight excluding hydrogens is 242 g/mol. The van der Waals surface area contributed by atoms with E-state index < -0.39 is 0 Å². The maximum absolute atomic E-state index is 5.67. The fourth-order valence-electron chi connectivity index (χ4n) is 1.61. The summed E-state index contributed by atoms with van der Waals surface area (Å²) in [6.07, 6.45) is 0.709. The van der Waals surface area contributed by atoms with E-state index in [2.05, 4.69) is 6.58 Å². The summed E-state index contributed by atoms with van der Waals surface area (Å²) in [6, 6.07) is 3.69. The summed E-state index contributed by atoms with van der Waals surface area (Å²) in [6.45, 7) is 4.62. The van der Waals surface area contributed by atoms with Crippen LogP contribution in [-0.4, -0.2) is 19.9 Å². The summed E-state index contributed by atoms with van der Waals surface area (Å²) in [5.41, 5.74) is 6.54. The van der Waals surface area contributed by atoms with Gasteiger partial charge in [0.2, 0.25) is 6.79 Å². The van der Waals surface area contributed by atoms with Crippen molar-refractivity contribution in [1.29, 1.82) is 0 Å². The first-order valence-electron chi connectivity index (χ1n) is 5.29. The van der Waals surface area contributed by atoms with E-state index in [-0.39, 0.29) is 13.4 Å². The molecule has 0 fully saturated rings. The van der Waals surface area contributed by atoms with Crippen LogP contribution < -0.4 is 19.9 Å². The van der Waals surface area contributed by atoms with Gasteiger partial charge in [-0.1, -0.05) is 18.2 Å². The Labute approximate surface area is 105 Å². The molecule has 1 heterocycles. The average Bonchev–Trinajstić information content (AvgIpc) is 2.73. The van der Waals surface area contributed by atoms with Gasteiger partial charge in [-0.05, 0) is 24.6 Å². The molecule has 4 nitrogen and oxygen atoms in total. The number of rotatable bonds is 5. The summed E-state index contributed by atoms with van der Waals surface area (Å²) < 4.78 is 16.1. The van der Waals surface area contributed by atoms with Crippen LogP contribution in [0.25, 0.3) is 0 Å². The molecule has 0 aromatic heterocycles. The van der Waals surface area contributed by atoms with Crippen molar-refractivity contribution >= 4 is 11.6 Å². The third-order valence-electron chi connectivity index (χ3n) is 2.35. The lowest BCUT2D eigenvalue weighted by atomic mass is 10.1. The third-order valence-corrected chi connectivity index (χ3v) is 2.46. The minimum Gasteiger partial charge on any atom is -0.488 e. The second-order valence-corrected chi connectivity index (χ2v) is 4.19. The number of fused-ring (bicyclic) bond motifs is 1. The zero-order valence-corrected chi connectivity index (χ0v) is 10.1. The first-order chi connectivity index (χ1) is 8.20. The number of nitrogens with two attached hydrogens (primary N) is 1. The Kier molecular flexibility index (Phi) is 3.76. The molecule has 0 atom stereocenters. The highest BCUT2D eigenvalue weighted by Gasteiger charge is 2.17. The summed E-state index contributed by atoms with van der Waals surface area (Å²) >= 11 is 5.67. The van der Waals surface area contributed by atoms with Crippen LogP contribution in [0.15, 0.2) is 23.7 Å². The Morgan fingerprint density at radius 2 is 2.12 bits per heavy atom. The van der Waals surface area contributed by atoms with Crippen LogP contribution in [0.4, 0.5) is 0 Å². The van der Waals surface area contributed by atoms with Crippen molar-refractivity contribution in [3.05, 3.63) is 29.3 Å². The highest BCUT2D eigenvalue weighted by molar-refractivity contribution is 6.29. The van der Waals surface area contributed by atoms with Gasteiger partial charge in [0.25, 0.3) is 0 Å². The molecule has 0 bridgehead atoms. The summed E-state index contributed by atoms with van der Waals surface area (Å²) in [5, 5.41) is 0.446. The molecule has 0 amide bonds. The zero-order valence-electron chi connectivity index (χ0n) is 9.37. The van der Waals surface area contributed by atoms with Gasteiger partial charge in [-0.2, -0.15) is 0 Å². The van der Waals surface area contributed by atoms with Crippen LogP contribution in [0.2, 0.25) is 0 Å².